The summed E-state index contributed by atoms with van der Waals surface area (Å²) in [6.45, 7) is 5.13. The van der Waals surface area contributed by atoms with Gasteiger partial charge in [-0.15, -0.1) is 10.2 Å². The minimum absolute atomic E-state index is 0.0731. The molecule has 0 unspecified atom stereocenters. The number of ether oxygens (including phenoxy) is 2. The first-order valence-electron chi connectivity index (χ1n) is 8.24. The van der Waals surface area contributed by atoms with Gasteiger partial charge in [0.2, 0.25) is 6.79 Å². The maximum absolute atomic E-state index is 12.5. The van der Waals surface area contributed by atoms with Crippen LogP contribution < -0.4 is 14.8 Å². The van der Waals surface area contributed by atoms with Crippen LogP contribution in [0, 0.1) is 0 Å². The number of amides is 1. The van der Waals surface area contributed by atoms with E-state index in [1.807, 2.05) is 0 Å². The highest BCUT2D eigenvalue weighted by Gasteiger charge is 2.25. The summed E-state index contributed by atoms with van der Waals surface area (Å²) in [5.41, 5.74) is 0.581. The Morgan fingerprint density at radius 2 is 2.12 bits per heavy atom. The second kappa shape index (κ2) is 5.81. The minimum Gasteiger partial charge on any atom is -0.454 e. The van der Waals surface area contributed by atoms with Crippen molar-refractivity contribution in [3.63, 3.8) is 0 Å². The molecular weight excluding hydrogens is 308 g/mol. The lowest BCUT2D eigenvalue weighted by molar-refractivity contribution is 0.0926. The summed E-state index contributed by atoms with van der Waals surface area (Å²) < 4.78 is 12.7. The Bertz CT molecular complexity index is 784. The average molecular weight is 328 g/mol. The number of aromatic nitrogens is 3. The van der Waals surface area contributed by atoms with Gasteiger partial charge in [0, 0.05) is 30.5 Å². The molecule has 1 aromatic heterocycles. The van der Waals surface area contributed by atoms with E-state index in [4.69, 9.17) is 9.47 Å². The van der Waals surface area contributed by atoms with Gasteiger partial charge in [-0.25, -0.2) is 0 Å². The zero-order valence-corrected chi connectivity index (χ0v) is 13.8. The number of benzene rings is 1. The molecule has 0 fully saturated rings. The van der Waals surface area contributed by atoms with E-state index in [1.165, 1.54) is 0 Å². The summed E-state index contributed by atoms with van der Waals surface area (Å²) in [6.07, 6.45) is 1.69. The second-order valence-corrected chi connectivity index (χ2v) is 6.52. The number of nitrogens with zero attached hydrogens (tertiary/aromatic N) is 3. The molecule has 24 heavy (non-hydrogen) atoms. The molecule has 126 valence electrons. The van der Waals surface area contributed by atoms with Crippen molar-refractivity contribution in [1.29, 1.82) is 0 Å². The molecule has 2 aliphatic heterocycles. The van der Waals surface area contributed by atoms with E-state index >= 15 is 0 Å². The number of aryl methyl sites for hydroxylation is 1. The number of rotatable bonds is 3. The van der Waals surface area contributed by atoms with Gasteiger partial charge in [0.25, 0.3) is 5.91 Å². The first-order valence-corrected chi connectivity index (χ1v) is 8.24. The van der Waals surface area contributed by atoms with Crippen LogP contribution in [0.25, 0.3) is 0 Å². The van der Waals surface area contributed by atoms with E-state index in [0.29, 0.717) is 29.5 Å². The number of hydrogen-bond acceptors (Lipinski definition) is 5. The third kappa shape index (κ3) is 2.60. The molecule has 0 spiro atoms. The van der Waals surface area contributed by atoms with Crippen molar-refractivity contribution >= 4 is 5.91 Å². The predicted octanol–water partition coefficient (Wildman–Crippen LogP) is 1.87. The van der Waals surface area contributed by atoms with Crippen molar-refractivity contribution in [3.8, 4) is 11.5 Å². The van der Waals surface area contributed by atoms with Crippen LogP contribution in [0.1, 0.15) is 48.2 Å². The van der Waals surface area contributed by atoms with Gasteiger partial charge in [-0.2, -0.15) is 0 Å². The molecule has 4 rings (SSSR count). The fourth-order valence-electron chi connectivity index (χ4n) is 3.20. The van der Waals surface area contributed by atoms with Crippen molar-refractivity contribution in [2.45, 2.75) is 45.2 Å². The van der Waals surface area contributed by atoms with Gasteiger partial charge in [-0.1, -0.05) is 13.8 Å². The van der Waals surface area contributed by atoms with Crippen molar-refractivity contribution in [3.05, 3.63) is 35.4 Å². The Kier molecular flexibility index (Phi) is 3.63. The molecule has 1 amide bonds. The molecule has 0 saturated heterocycles. The Morgan fingerprint density at radius 3 is 2.96 bits per heavy atom. The topological polar surface area (TPSA) is 78.3 Å². The number of carbonyl (C=O) groups excluding carboxylic acids is 1. The first-order chi connectivity index (χ1) is 11.6. The Labute approximate surface area is 140 Å². The first kappa shape index (κ1) is 15.0. The number of nitrogens with one attached hydrogen (secondary N) is 1. The van der Waals surface area contributed by atoms with E-state index < -0.39 is 0 Å². The maximum atomic E-state index is 12.5. The van der Waals surface area contributed by atoms with Crippen LogP contribution in [0.3, 0.4) is 0 Å². The van der Waals surface area contributed by atoms with Crippen LogP contribution in [0.5, 0.6) is 11.5 Å². The van der Waals surface area contributed by atoms with Crippen molar-refractivity contribution in [1.82, 2.24) is 20.1 Å². The van der Waals surface area contributed by atoms with Crippen LogP contribution in [0.15, 0.2) is 18.2 Å². The van der Waals surface area contributed by atoms with Crippen LogP contribution in [0.4, 0.5) is 0 Å². The van der Waals surface area contributed by atoms with Gasteiger partial charge in [-0.05, 0) is 24.6 Å². The van der Waals surface area contributed by atoms with E-state index in [9.17, 15) is 4.79 Å². The molecule has 1 atom stereocenters. The van der Waals surface area contributed by atoms with E-state index in [2.05, 4.69) is 33.9 Å². The number of carbonyl (C=O) groups is 1. The van der Waals surface area contributed by atoms with Gasteiger partial charge in [-0.3, -0.25) is 4.79 Å². The minimum atomic E-state index is -0.0964. The molecule has 0 radical (unpaired) electrons. The Hall–Kier alpha value is -2.57. The van der Waals surface area contributed by atoms with E-state index in [0.717, 1.165) is 24.5 Å². The van der Waals surface area contributed by atoms with Crippen LogP contribution >= 0.6 is 0 Å². The summed E-state index contributed by atoms with van der Waals surface area (Å²) in [4.78, 5) is 12.5. The third-order valence-corrected chi connectivity index (χ3v) is 4.46. The lowest BCUT2D eigenvalue weighted by Gasteiger charge is -2.26. The average Bonchev–Trinajstić information content (AvgIpc) is 3.20. The van der Waals surface area contributed by atoms with E-state index in [-0.39, 0.29) is 18.7 Å². The molecule has 2 aromatic rings. The fourth-order valence-corrected chi connectivity index (χ4v) is 3.20. The zero-order chi connectivity index (χ0) is 16.7. The van der Waals surface area contributed by atoms with Crippen molar-refractivity contribution in [2.75, 3.05) is 6.79 Å². The summed E-state index contributed by atoms with van der Waals surface area (Å²) in [5, 5.41) is 11.6. The van der Waals surface area contributed by atoms with Gasteiger partial charge in [0.05, 0.1) is 0 Å². The highest BCUT2D eigenvalue weighted by molar-refractivity contribution is 5.95. The number of fused-ring (bicyclic) bond motifs is 2. The molecule has 0 aliphatic carbocycles. The molecular formula is C17H20N4O3. The third-order valence-electron chi connectivity index (χ3n) is 4.46. The predicted molar refractivity (Wildman–Crippen MR) is 86.3 cm³/mol. The molecule has 1 N–H and O–H groups in total. The monoisotopic (exact) mass is 328 g/mol. The number of hydrogen-bond donors (Lipinski definition) is 1. The summed E-state index contributed by atoms with van der Waals surface area (Å²) in [7, 11) is 0. The molecule has 0 bridgehead atoms. The normalized spacial score (nSPS) is 18.5. The van der Waals surface area contributed by atoms with Crippen molar-refractivity contribution in [2.24, 2.45) is 0 Å². The highest BCUT2D eigenvalue weighted by Crippen LogP contribution is 2.32. The maximum Gasteiger partial charge on any atom is 0.251 e. The fraction of sp³-hybridized carbons (Fsp3) is 0.471. The standard InChI is InChI=1S/C17H20N4O3/c1-10(2)16-20-19-15-6-4-12(8-21(15)16)18-17(22)11-3-5-13-14(7-11)24-9-23-13/h3,5,7,10,12H,4,6,8-9H2,1-2H3,(H,18,22)/t12-/m1/s1. The summed E-state index contributed by atoms with van der Waals surface area (Å²) in [5.74, 6) is 3.50. The SMILES string of the molecule is CC(C)c1nnc2n1C[C@H](NC(=O)c1ccc3c(c1)OCO3)CC2. The molecule has 1 aromatic carbocycles. The quantitative estimate of drug-likeness (QED) is 0.931. The Morgan fingerprint density at radius 1 is 1.29 bits per heavy atom. The van der Waals surface area contributed by atoms with Crippen molar-refractivity contribution < 1.29 is 14.3 Å². The van der Waals surface area contributed by atoms with Gasteiger partial charge in [0.1, 0.15) is 11.6 Å². The Balaban J connectivity index is 1.48. The second-order valence-electron chi connectivity index (χ2n) is 6.52. The van der Waals surface area contributed by atoms with Crippen LogP contribution in [0.2, 0.25) is 0 Å². The molecule has 0 saturated carbocycles. The summed E-state index contributed by atoms with van der Waals surface area (Å²) in [6, 6.07) is 5.33. The van der Waals surface area contributed by atoms with Gasteiger partial charge >= 0.3 is 0 Å². The smallest absolute Gasteiger partial charge is 0.251 e. The lowest BCUT2D eigenvalue weighted by Crippen LogP contribution is -2.41. The molecule has 2 aliphatic rings. The molecule has 3 heterocycles. The van der Waals surface area contributed by atoms with Crippen LogP contribution in [-0.2, 0) is 13.0 Å². The van der Waals surface area contributed by atoms with E-state index in [1.54, 1.807) is 18.2 Å². The zero-order valence-electron chi connectivity index (χ0n) is 13.8. The molecule has 7 nitrogen and oxygen atoms in total. The summed E-state index contributed by atoms with van der Waals surface area (Å²) >= 11 is 0. The van der Waals surface area contributed by atoms with Crippen LogP contribution in [-0.4, -0.2) is 33.5 Å². The van der Waals surface area contributed by atoms with Gasteiger partial charge in [0.15, 0.2) is 11.5 Å². The molecule has 7 heteroatoms. The largest absolute Gasteiger partial charge is 0.454 e. The highest BCUT2D eigenvalue weighted by atomic mass is 16.7. The lowest BCUT2D eigenvalue weighted by atomic mass is 10.1. The van der Waals surface area contributed by atoms with Gasteiger partial charge < -0.3 is 19.4 Å².